The average Bonchev–Trinajstić information content (AvgIpc) is 3.13. The summed E-state index contributed by atoms with van der Waals surface area (Å²) >= 11 is 2.94. The topological polar surface area (TPSA) is 120 Å². The number of anilines is 1. The fraction of sp³-hybridized carbons (Fsp3) is 0.190. The van der Waals surface area contributed by atoms with Gasteiger partial charge in [0, 0.05) is 17.1 Å². The van der Waals surface area contributed by atoms with Gasteiger partial charge in [-0.25, -0.2) is 13.6 Å². The second-order valence-electron chi connectivity index (χ2n) is 6.81. The molecule has 1 aromatic heterocycles. The Bertz CT molecular complexity index is 1190. The van der Waals surface area contributed by atoms with Gasteiger partial charge in [-0.2, -0.15) is 0 Å². The lowest BCUT2D eigenvalue weighted by atomic mass is 10.2. The third-order valence-electron chi connectivity index (χ3n) is 4.29. The first-order valence-corrected chi connectivity index (χ1v) is 13.1. The number of hydrogen-bond acceptors (Lipinski definition) is 7. The molecule has 0 aliphatic heterocycles. The third-order valence-corrected chi connectivity index (χ3v) is 7.20. The van der Waals surface area contributed by atoms with Gasteiger partial charge in [-0.3, -0.25) is 4.79 Å². The van der Waals surface area contributed by atoms with Crippen molar-refractivity contribution in [1.82, 2.24) is 14.8 Å². The van der Waals surface area contributed by atoms with Crippen molar-refractivity contribution in [2.75, 3.05) is 11.1 Å². The van der Waals surface area contributed by atoms with Crippen LogP contribution in [0, 0.1) is 6.92 Å². The van der Waals surface area contributed by atoms with Crippen molar-refractivity contribution in [2.24, 2.45) is 5.14 Å². The Morgan fingerprint density at radius 2 is 1.81 bits per heavy atom. The van der Waals surface area contributed by atoms with Crippen molar-refractivity contribution in [3.05, 3.63) is 72.6 Å². The molecule has 0 aliphatic carbocycles. The van der Waals surface area contributed by atoms with Crippen molar-refractivity contribution in [3.63, 3.8) is 0 Å². The Morgan fingerprint density at radius 1 is 1.12 bits per heavy atom. The molecular formula is C21H23N5O3S3. The van der Waals surface area contributed by atoms with E-state index in [9.17, 15) is 13.2 Å². The second kappa shape index (κ2) is 10.8. The zero-order valence-electron chi connectivity index (χ0n) is 17.4. The maximum atomic E-state index is 12.3. The van der Waals surface area contributed by atoms with Crippen LogP contribution in [0.4, 0.5) is 5.69 Å². The largest absolute Gasteiger partial charge is 0.325 e. The smallest absolute Gasteiger partial charge is 0.238 e. The number of nitrogens with two attached hydrogens (primary N) is 1. The van der Waals surface area contributed by atoms with Crippen LogP contribution in [0.3, 0.4) is 0 Å². The number of nitrogens with zero attached hydrogens (tertiary/aromatic N) is 3. The molecule has 0 saturated carbocycles. The molecule has 0 spiro atoms. The maximum Gasteiger partial charge on any atom is 0.238 e. The first kappa shape index (κ1) is 24.1. The monoisotopic (exact) mass is 489 g/mol. The molecule has 3 N–H and O–H groups in total. The predicted molar refractivity (Wildman–Crippen MR) is 128 cm³/mol. The van der Waals surface area contributed by atoms with Crippen LogP contribution in [0.15, 0.2) is 76.1 Å². The van der Waals surface area contributed by atoms with E-state index >= 15 is 0 Å². The lowest BCUT2D eigenvalue weighted by molar-refractivity contribution is -0.113. The molecule has 3 rings (SSSR count). The lowest BCUT2D eigenvalue weighted by Gasteiger charge is -2.08. The predicted octanol–water partition coefficient (Wildman–Crippen LogP) is 3.44. The van der Waals surface area contributed by atoms with Gasteiger partial charge >= 0.3 is 0 Å². The van der Waals surface area contributed by atoms with Gasteiger partial charge in [0.15, 0.2) is 5.16 Å². The highest BCUT2D eigenvalue weighted by atomic mass is 32.2. The number of benzene rings is 2. The number of carbonyl (C=O) groups excluding carboxylic acids is 1. The van der Waals surface area contributed by atoms with Crippen LogP contribution in [0.2, 0.25) is 0 Å². The van der Waals surface area contributed by atoms with E-state index in [0.29, 0.717) is 23.1 Å². The van der Waals surface area contributed by atoms with E-state index in [4.69, 9.17) is 5.14 Å². The summed E-state index contributed by atoms with van der Waals surface area (Å²) in [6.07, 6.45) is 1.76. The zero-order chi connectivity index (χ0) is 23.1. The number of nitrogens with one attached hydrogen (secondary N) is 1. The molecule has 0 atom stereocenters. The molecule has 168 valence electrons. The SMILES string of the molecule is C=CCn1c(CSc2ccc(C)cc2)nnc1SCC(=O)Nc1ccc(S(N)(=O)=O)cc1. The van der Waals surface area contributed by atoms with Crippen LogP contribution in [0.5, 0.6) is 0 Å². The lowest BCUT2D eigenvalue weighted by Crippen LogP contribution is -2.15. The number of primary sulfonamides is 1. The van der Waals surface area contributed by atoms with E-state index in [2.05, 4.69) is 53.3 Å². The minimum Gasteiger partial charge on any atom is -0.325 e. The molecule has 2 aromatic carbocycles. The van der Waals surface area contributed by atoms with Gasteiger partial charge in [-0.15, -0.1) is 28.5 Å². The van der Waals surface area contributed by atoms with E-state index in [1.54, 1.807) is 17.8 Å². The van der Waals surface area contributed by atoms with Crippen molar-refractivity contribution in [1.29, 1.82) is 0 Å². The van der Waals surface area contributed by atoms with Gasteiger partial charge in [0.25, 0.3) is 0 Å². The van der Waals surface area contributed by atoms with Crippen molar-refractivity contribution < 1.29 is 13.2 Å². The van der Waals surface area contributed by atoms with E-state index in [0.717, 1.165) is 10.7 Å². The number of thioether (sulfide) groups is 2. The highest BCUT2D eigenvalue weighted by Crippen LogP contribution is 2.25. The number of sulfonamides is 1. The summed E-state index contributed by atoms with van der Waals surface area (Å²) in [6.45, 7) is 6.39. The van der Waals surface area contributed by atoms with Crippen molar-refractivity contribution >= 4 is 45.1 Å². The minimum absolute atomic E-state index is 0.0153. The standard InChI is InChI=1S/C21H23N5O3S3/c1-3-12-26-19(13-30-17-8-4-15(2)5-9-17)24-25-21(26)31-14-20(27)23-16-6-10-18(11-7-16)32(22,28)29/h3-11H,1,12-14H2,2H3,(H,23,27)(H2,22,28,29). The van der Waals surface area contributed by atoms with Gasteiger partial charge in [0.1, 0.15) is 5.82 Å². The third kappa shape index (κ3) is 6.70. The first-order chi connectivity index (χ1) is 15.3. The number of aromatic nitrogens is 3. The molecule has 1 amide bonds. The van der Waals surface area contributed by atoms with Gasteiger partial charge < -0.3 is 9.88 Å². The summed E-state index contributed by atoms with van der Waals surface area (Å²) in [6, 6.07) is 13.9. The molecule has 0 fully saturated rings. The molecule has 11 heteroatoms. The van der Waals surface area contributed by atoms with Gasteiger partial charge in [0.05, 0.1) is 16.4 Å². The van der Waals surface area contributed by atoms with Crippen LogP contribution in [0.25, 0.3) is 0 Å². The Balaban J connectivity index is 1.59. The molecular weight excluding hydrogens is 466 g/mol. The molecule has 32 heavy (non-hydrogen) atoms. The summed E-state index contributed by atoms with van der Waals surface area (Å²) in [5, 5.41) is 16.9. The molecule has 0 radical (unpaired) electrons. The zero-order valence-corrected chi connectivity index (χ0v) is 19.8. The fourth-order valence-corrected chi connectivity index (χ4v) is 4.80. The van der Waals surface area contributed by atoms with Crippen molar-refractivity contribution in [2.45, 2.75) is 34.2 Å². The molecule has 0 aliphatic rings. The Morgan fingerprint density at radius 3 is 2.44 bits per heavy atom. The van der Waals surface area contributed by atoms with Crippen LogP contribution in [0.1, 0.15) is 11.4 Å². The molecule has 0 bridgehead atoms. The molecule has 3 aromatic rings. The van der Waals surface area contributed by atoms with Crippen LogP contribution >= 0.6 is 23.5 Å². The van der Waals surface area contributed by atoms with Crippen LogP contribution in [-0.2, 0) is 27.1 Å². The van der Waals surface area contributed by atoms with E-state index < -0.39 is 10.0 Å². The summed E-state index contributed by atoms with van der Waals surface area (Å²) < 4.78 is 24.6. The molecule has 0 saturated heterocycles. The Kier molecular flexibility index (Phi) is 8.13. The van der Waals surface area contributed by atoms with Crippen LogP contribution < -0.4 is 10.5 Å². The fourth-order valence-electron chi connectivity index (χ4n) is 2.68. The minimum atomic E-state index is -3.77. The first-order valence-electron chi connectivity index (χ1n) is 9.54. The maximum absolute atomic E-state index is 12.3. The number of rotatable bonds is 10. The number of allylic oxidation sites excluding steroid dienone is 1. The molecule has 8 nitrogen and oxygen atoms in total. The number of aryl methyl sites for hydroxylation is 1. The van der Waals surface area contributed by atoms with Crippen molar-refractivity contribution in [3.8, 4) is 0 Å². The summed E-state index contributed by atoms with van der Waals surface area (Å²) in [7, 11) is -3.77. The number of hydrogen-bond donors (Lipinski definition) is 2. The quantitative estimate of drug-likeness (QED) is 0.331. The second-order valence-corrected chi connectivity index (χ2v) is 10.4. The Hall–Kier alpha value is -2.60. The highest BCUT2D eigenvalue weighted by Gasteiger charge is 2.14. The van der Waals surface area contributed by atoms with E-state index in [1.165, 1.54) is 41.6 Å². The Labute approximate surface area is 195 Å². The van der Waals surface area contributed by atoms with Crippen LogP contribution in [-0.4, -0.2) is 34.8 Å². The van der Waals surface area contributed by atoms with E-state index in [-0.39, 0.29) is 16.6 Å². The van der Waals surface area contributed by atoms with Gasteiger partial charge in [0.2, 0.25) is 15.9 Å². The summed E-state index contributed by atoms with van der Waals surface area (Å²) in [4.78, 5) is 13.5. The van der Waals surface area contributed by atoms with Gasteiger partial charge in [-0.05, 0) is 43.3 Å². The molecule has 1 heterocycles. The number of carbonyl (C=O) groups is 1. The van der Waals surface area contributed by atoms with Gasteiger partial charge in [-0.1, -0.05) is 35.5 Å². The average molecular weight is 490 g/mol. The summed E-state index contributed by atoms with van der Waals surface area (Å²) in [5.74, 6) is 1.32. The van der Waals surface area contributed by atoms with E-state index in [1.807, 2.05) is 4.57 Å². The molecule has 0 unspecified atom stereocenters. The highest BCUT2D eigenvalue weighted by molar-refractivity contribution is 7.99. The number of amides is 1. The summed E-state index contributed by atoms with van der Waals surface area (Å²) in [5.41, 5.74) is 1.69. The normalized spacial score (nSPS) is 11.3.